The first kappa shape index (κ1) is 12.4. The van der Waals surface area contributed by atoms with E-state index in [0.29, 0.717) is 5.58 Å². The molecule has 0 radical (unpaired) electrons. The molecule has 0 atom stereocenters. The van der Waals surface area contributed by atoms with E-state index in [2.05, 4.69) is 0 Å². The number of nitrogens with zero attached hydrogens (tertiary/aromatic N) is 1. The van der Waals surface area contributed by atoms with Crippen molar-refractivity contribution in [1.29, 1.82) is 0 Å². The lowest BCUT2D eigenvalue weighted by Crippen LogP contribution is -2.46. The van der Waals surface area contributed by atoms with Crippen molar-refractivity contribution in [2.75, 3.05) is 7.11 Å². The molecule has 0 unspecified atom stereocenters. The lowest BCUT2D eigenvalue weighted by molar-refractivity contribution is -0.623. The van der Waals surface area contributed by atoms with Crippen LogP contribution in [0.1, 0.15) is 5.56 Å². The number of fused-ring (bicyclic) bond motifs is 1. The third kappa shape index (κ3) is 2.05. The maximum atomic E-state index is 12.1. The van der Waals surface area contributed by atoms with Gasteiger partial charge in [-0.1, -0.05) is 16.7 Å². The van der Waals surface area contributed by atoms with Crippen molar-refractivity contribution in [3.8, 4) is 11.4 Å². The number of hydrogen-bond acceptors (Lipinski definition) is 3. The van der Waals surface area contributed by atoms with Crippen LogP contribution in [0.4, 0.5) is 0 Å². The molecule has 0 saturated heterocycles. The number of methoxy groups -OCH3 is 1. The van der Waals surface area contributed by atoms with Crippen molar-refractivity contribution in [2.45, 2.75) is 6.92 Å². The fourth-order valence-corrected chi connectivity index (χ4v) is 2.17. The molecule has 0 aliphatic heterocycles. The highest BCUT2D eigenvalue weighted by atomic mass is 16.5. The Morgan fingerprint density at radius 1 is 1.10 bits per heavy atom. The van der Waals surface area contributed by atoms with Crippen molar-refractivity contribution in [2.24, 2.45) is 0 Å². The predicted octanol–water partition coefficient (Wildman–Crippen LogP) is 2.39. The number of rotatable bonds is 2. The van der Waals surface area contributed by atoms with E-state index in [9.17, 15) is 4.79 Å². The average molecular weight is 268 g/mol. The van der Waals surface area contributed by atoms with E-state index < -0.39 is 5.76 Å². The van der Waals surface area contributed by atoms with E-state index in [-0.39, 0.29) is 0 Å². The van der Waals surface area contributed by atoms with Crippen molar-refractivity contribution in [1.82, 2.24) is 0 Å². The Morgan fingerprint density at radius 3 is 2.55 bits per heavy atom. The van der Waals surface area contributed by atoms with Gasteiger partial charge in [-0.25, -0.2) is 0 Å². The van der Waals surface area contributed by atoms with E-state index in [4.69, 9.17) is 9.15 Å². The van der Waals surface area contributed by atoms with Gasteiger partial charge in [-0.05, 0) is 30.7 Å². The summed E-state index contributed by atoms with van der Waals surface area (Å²) in [5.74, 6) is 0.340. The second-order valence-electron chi connectivity index (χ2n) is 4.56. The maximum Gasteiger partial charge on any atom is 0.608 e. The fourth-order valence-electron chi connectivity index (χ4n) is 2.17. The molecule has 20 heavy (non-hydrogen) atoms. The number of ether oxygens (including phenoxy) is 1. The Morgan fingerprint density at radius 2 is 1.85 bits per heavy atom. The molecule has 0 fully saturated rings. The Balaban J connectivity index is 2.20. The van der Waals surface area contributed by atoms with Gasteiger partial charge in [0.25, 0.3) is 0 Å². The summed E-state index contributed by atoms with van der Waals surface area (Å²) < 4.78 is 12.0. The second kappa shape index (κ2) is 4.81. The minimum atomic E-state index is -0.406. The van der Waals surface area contributed by atoms with Crippen LogP contribution in [0.15, 0.2) is 57.9 Å². The Labute approximate surface area is 115 Å². The SMILES string of the molecule is COc1ccc(-[n+]2cc3cccc(C)c3oc2=O)cc1. The molecule has 0 N–H and O–H groups in total. The Hall–Kier alpha value is -2.62. The van der Waals surface area contributed by atoms with E-state index in [0.717, 1.165) is 22.4 Å². The van der Waals surface area contributed by atoms with Gasteiger partial charge in [-0.2, -0.15) is 4.79 Å². The summed E-state index contributed by atoms with van der Waals surface area (Å²) in [5.41, 5.74) is 2.31. The van der Waals surface area contributed by atoms with Crippen LogP contribution >= 0.6 is 0 Å². The zero-order chi connectivity index (χ0) is 14.1. The standard InChI is InChI=1S/C16H14NO3/c1-11-4-3-5-12-10-17(16(18)20-15(11)12)13-6-8-14(19-2)9-7-13/h3-10H,1-2H3/q+1. The summed E-state index contributed by atoms with van der Waals surface area (Å²) >= 11 is 0. The molecule has 4 nitrogen and oxygen atoms in total. The van der Waals surface area contributed by atoms with Crippen LogP contribution in [0.2, 0.25) is 0 Å². The zero-order valence-electron chi connectivity index (χ0n) is 11.3. The molecule has 0 bridgehead atoms. The largest absolute Gasteiger partial charge is 0.608 e. The summed E-state index contributed by atoms with van der Waals surface area (Å²) in [6, 6.07) is 13.0. The molecule has 0 amide bonds. The molecule has 100 valence electrons. The monoisotopic (exact) mass is 268 g/mol. The number of aromatic nitrogens is 1. The van der Waals surface area contributed by atoms with Gasteiger partial charge in [0.05, 0.1) is 12.5 Å². The van der Waals surface area contributed by atoms with Crippen LogP contribution in [0.3, 0.4) is 0 Å². The van der Waals surface area contributed by atoms with E-state index in [1.807, 2.05) is 49.4 Å². The van der Waals surface area contributed by atoms with Gasteiger partial charge in [-0.15, -0.1) is 0 Å². The number of aryl methyl sites for hydroxylation is 1. The summed E-state index contributed by atoms with van der Waals surface area (Å²) in [7, 11) is 1.61. The molecule has 1 heterocycles. The average Bonchev–Trinajstić information content (AvgIpc) is 2.48. The van der Waals surface area contributed by atoms with Crippen molar-refractivity contribution >= 4 is 11.0 Å². The van der Waals surface area contributed by atoms with Gasteiger partial charge in [0.15, 0.2) is 11.8 Å². The minimum absolute atomic E-state index is 0.406. The smallest absolute Gasteiger partial charge is 0.497 e. The zero-order valence-corrected chi connectivity index (χ0v) is 11.3. The van der Waals surface area contributed by atoms with Gasteiger partial charge in [0.2, 0.25) is 5.69 Å². The van der Waals surface area contributed by atoms with Crippen LogP contribution in [-0.4, -0.2) is 7.11 Å². The first-order valence-corrected chi connectivity index (χ1v) is 6.28. The van der Waals surface area contributed by atoms with Gasteiger partial charge < -0.3 is 9.15 Å². The highest BCUT2D eigenvalue weighted by Crippen LogP contribution is 2.15. The topological polar surface area (TPSA) is 43.3 Å². The molecular weight excluding hydrogens is 254 g/mol. The van der Waals surface area contributed by atoms with Gasteiger partial charge >= 0.3 is 5.76 Å². The molecule has 0 aliphatic carbocycles. The number of benzene rings is 2. The summed E-state index contributed by atoms with van der Waals surface area (Å²) in [5, 5.41) is 0.889. The van der Waals surface area contributed by atoms with Crippen molar-refractivity contribution in [3.63, 3.8) is 0 Å². The third-order valence-corrected chi connectivity index (χ3v) is 3.25. The molecule has 0 spiro atoms. The highest BCUT2D eigenvalue weighted by molar-refractivity contribution is 5.77. The normalized spacial score (nSPS) is 10.7. The molecule has 1 aromatic heterocycles. The third-order valence-electron chi connectivity index (χ3n) is 3.25. The molecule has 3 rings (SSSR count). The molecule has 3 aromatic rings. The first-order valence-electron chi connectivity index (χ1n) is 6.28. The number of hydrogen-bond donors (Lipinski definition) is 0. The van der Waals surface area contributed by atoms with Crippen molar-refractivity contribution in [3.05, 3.63) is 64.8 Å². The van der Waals surface area contributed by atoms with Crippen LogP contribution in [-0.2, 0) is 0 Å². The maximum absolute atomic E-state index is 12.1. The molecule has 0 saturated carbocycles. The lowest BCUT2D eigenvalue weighted by Gasteiger charge is -2.00. The fraction of sp³-hybridized carbons (Fsp3) is 0.125. The van der Waals surface area contributed by atoms with E-state index in [1.54, 1.807) is 13.3 Å². The van der Waals surface area contributed by atoms with Crippen LogP contribution in [0.5, 0.6) is 5.75 Å². The molecule has 4 heteroatoms. The van der Waals surface area contributed by atoms with Crippen LogP contribution in [0, 0.1) is 6.92 Å². The van der Waals surface area contributed by atoms with E-state index in [1.165, 1.54) is 4.57 Å². The van der Waals surface area contributed by atoms with Crippen molar-refractivity contribution < 1.29 is 13.7 Å². The first-order chi connectivity index (χ1) is 9.69. The van der Waals surface area contributed by atoms with E-state index >= 15 is 0 Å². The predicted molar refractivity (Wildman–Crippen MR) is 75.3 cm³/mol. The second-order valence-corrected chi connectivity index (χ2v) is 4.56. The van der Waals surface area contributed by atoms with Crippen LogP contribution < -0.4 is 15.1 Å². The summed E-state index contributed by atoms with van der Waals surface area (Å²) in [4.78, 5) is 12.1. The highest BCUT2D eigenvalue weighted by Gasteiger charge is 2.16. The van der Waals surface area contributed by atoms with Gasteiger partial charge in [0.1, 0.15) is 5.75 Å². The van der Waals surface area contributed by atoms with Gasteiger partial charge in [-0.3, -0.25) is 0 Å². The quantitative estimate of drug-likeness (QED) is 0.670. The summed E-state index contributed by atoms with van der Waals surface area (Å²) in [6.45, 7) is 1.92. The molecule has 2 aromatic carbocycles. The summed E-state index contributed by atoms with van der Waals surface area (Å²) in [6.07, 6.45) is 1.79. The Bertz CT molecular complexity index is 819. The number of para-hydroxylation sites is 1. The van der Waals surface area contributed by atoms with Crippen LogP contribution in [0.25, 0.3) is 16.7 Å². The lowest BCUT2D eigenvalue weighted by atomic mass is 10.2. The van der Waals surface area contributed by atoms with Gasteiger partial charge in [0, 0.05) is 12.1 Å². The molecular formula is C16H14NO3+. The molecule has 0 aliphatic rings. The minimum Gasteiger partial charge on any atom is -0.497 e. The Kier molecular flexibility index (Phi) is 2.99.